The fourth-order valence-electron chi connectivity index (χ4n) is 7.34. The number of allylic oxidation sites excluding steroid dienone is 4. The van der Waals surface area contributed by atoms with Gasteiger partial charge in [0.2, 0.25) is 0 Å². The number of fused-ring (bicyclic) bond motifs is 11. The van der Waals surface area contributed by atoms with E-state index in [0.717, 1.165) is 104 Å². The molecule has 0 fully saturated rings. The lowest BCUT2D eigenvalue weighted by Gasteiger charge is -2.01. The maximum atomic E-state index is 9.77. The molecule has 0 aliphatic carbocycles. The Labute approximate surface area is 277 Å². The number of aliphatic hydroxyl groups excluding tert-OH is 2. The van der Waals surface area contributed by atoms with Crippen LogP contribution in [0.3, 0.4) is 0 Å². The summed E-state index contributed by atoms with van der Waals surface area (Å²) in [5.74, 6) is 0. The molecule has 6 rings (SSSR count). The van der Waals surface area contributed by atoms with E-state index in [-0.39, 0.29) is 13.2 Å². The smallest absolute Gasteiger partial charge is 0.0929 e. The van der Waals surface area contributed by atoms with Crippen LogP contribution in [0.15, 0.2) is 24.3 Å². The molecule has 0 spiro atoms. The Kier molecular flexibility index (Phi) is 9.14. The van der Waals surface area contributed by atoms with E-state index in [4.69, 9.17) is 9.97 Å². The summed E-state index contributed by atoms with van der Waals surface area (Å²) < 4.78 is 0. The molecule has 10 bridgehead atoms. The number of nitrogens with zero attached hydrogens (tertiary/aromatic N) is 2. The standard InChI is InChI=1S/C40H49N5O2/c1-9-27-28(10-2)36-20-38-30(14-12-16-47)26(8)34(42-38)18-32-22(4)24(6)40(45-32)39-23(5)21(3)31(44-39)17-33-25(7)29(13-11-15-46)37(41-33)19-35(27)43-36/h17-20,41-43,46-47H,9-16H2,1-8H3. The van der Waals surface area contributed by atoms with Gasteiger partial charge in [-0.2, -0.15) is 0 Å². The van der Waals surface area contributed by atoms with E-state index in [1.807, 2.05) is 0 Å². The Bertz CT molecular complexity index is 2000. The SMILES string of the molecule is CCc1c(CC)c2cc3[nH]c(cc4nc(c5nc(cc6[nH]c(cc1[nH]2)c(CCCO)c6C)C(C)=C5C)C(C)=C4C)c(C)c3CCCO. The molecule has 2 aliphatic heterocycles. The van der Waals surface area contributed by atoms with Crippen LogP contribution in [0.1, 0.15) is 111 Å². The van der Waals surface area contributed by atoms with E-state index in [1.54, 1.807) is 0 Å². The molecule has 0 saturated heterocycles. The molecule has 0 saturated carbocycles. The monoisotopic (exact) mass is 631 g/mol. The molecule has 7 nitrogen and oxygen atoms in total. The minimum atomic E-state index is 0.151. The summed E-state index contributed by atoms with van der Waals surface area (Å²) in [4.78, 5) is 21.7. The third-order valence-electron chi connectivity index (χ3n) is 10.5. The van der Waals surface area contributed by atoms with Crippen LogP contribution < -0.4 is 0 Å². The van der Waals surface area contributed by atoms with Crippen molar-refractivity contribution < 1.29 is 10.2 Å². The van der Waals surface area contributed by atoms with Crippen LogP contribution in [0.25, 0.3) is 55.4 Å². The van der Waals surface area contributed by atoms with Gasteiger partial charge >= 0.3 is 0 Å². The zero-order valence-electron chi connectivity index (χ0n) is 29.3. The van der Waals surface area contributed by atoms with Crippen LogP contribution >= 0.6 is 0 Å². The second-order valence-electron chi connectivity index (χ2n) is 13.2. The molecule has 0 unspecified atom stereocenters. The minimum absolute atomic E-state index is 0.151. The van der Waals surface area contributed by atoms with Crippen molar-refractivity contribution in [2.24, 2.45) is 0 Å². The predicted octanol–water partition coefficient (Wildman–Crippen LogP) is 8.85. The molecule has 0 radical (unpaired) electrons. The van der Waals surface area contributed by atoms with Crippen molar-refractivity contribution in [1.82, 2.24) is 24.9 Å². The highest BCUT2D eigenvalue weighted by Crippen LogP contribution is 2.38. The first-order valence-electron chi connectivity index (χ1n) is 17.2. The van der Waals surface area contributed by atoms with Crippen molar-refractivity contribution in [3.63, 3.8) is 0 Å². The summed E-state index contributed by atoms with van der Waals surface area (Å²) in [7, 11) is 0. The number of H-pyrrole nitrogens is 3. The Morgan fingerprint density at radius 1 is 0.489 bits per heavy atom. The predicted molar refractivity (Wildman–Crippen MR) is 197 cm³/mol. The fraction of sp³-hybridized carbons (Fsp3) is 0.400. The first-order valence-corrected chi connectivity index (χ1v) is 17.2. The molecule has 4 aromatic heterocycles. The largest absolute Gasteiger partial charge is 0.396 e. The van der Waals surface area contributed by atoms with Gasteiger partial charge in [-0.3, -0.25) is 0 Å². The number of aromatic amines is 3. The maximum Gasteiger partial charge on any atom is 0.0929 e. The Morgan fingerprint density at radius 3 is 1.21 bits per heavy atom. The molecule has 0 aromatic carbocycles. The van der Waals surface area contributed by atoms with Gasteiger partial charge in [-0.1, -0.05) is 13.8 Å². The van der Waals surface area contributed by atoms with Gasteiger partial charge in [0, 0.05) is 46.3 Å². The first-order chi connectivity index (χ1) is 22.6. The highest BCUT2D eigenvalue weighted by atomic mass is 16.3. The normalized spacial score (nSPS) is 13.4. The zero-order valence-corrected chi connectivity index (χ0v) is 29.3. The van der Waals surface area contributed by atoms with E-state index in [9.17, 15) is 10.2 Å². The number of hydrogen-bond donors (Lipinski definition) is 5. The average molecular weight is 632 g/mol. The lowest BCUT2D eigenvalue weighted by Crippen LogP contribution is -1.90. The molecule has 5 N–H and O–H groups in total. The molecule has 4 aromatic rings. The number of aliphatic hydroxyl groups is 2. The van der Waals surface area contributed by atoms with E-state index < -0.39 is 0 Å². The van der Waals surface area contributed by atoms with Gasteiger partial charge < -0.3 is 25.2 Å². The van der Waals surface area contributed by atoms with Gasteiger partial charge in [-0.25, -0.2) is 9.97 Å². The highest BCUT2D eigenvalue weighted by molar-refractivity contribution is 5.99. The van der Waals surface area contributed by atoms with Gasteiger partial charge in [0.05, 0.1) is 22.8 Å². The second kappa shape index (κ2) is 13.1. The summed E-state index contributed by atoms with van der Waals surface area (Å²) in [5.41, 5.74) is 22.3. The summed E-state index contributed by atoms with van der Waals surface area (Å²) in [6.45, 7) is 17.7. The average Bonchev–Trinajstić information content (AvgIpc) is 3.79. The molecule has 7 heteroatoms. The summed E-state index contributed by atoms with van der Waals surface area (Å²) in [6, 6.07) is 8.87. The summed E-state index contributed by atoms with van der Waals surface area (Å²) in [5, 5.41) is 19.5. The quantitative estimate of drug-likeness (QED) is 0.134. The van der Waals surface area contributed by atoms with Crippen LogP contribution in [-0.2, 0) is 25.7 Å². The lowest BCUT2D eigenvalue weighted by atomic mass is 10.0. The molecular weight excluding hydrogens is 582 g/mol. The van der Waals surface area contributed by atoms with Crippen LogP contribution in [0.2, 0.25) is 0 Å². The fourth-order valence-corrected chi connectivity index (χ4v) is 7.34. The van der Waals surface area contributed by atoms with Crippen LogP contribution in [0.5, 0.6) is 0 Å². The van der Waals surface area contributed by atoms with Gasteiger partial charge in [0.25, 0.3) is 0 Å². The van der Waals surface area contributed by atoms with Gasteiger partial charge in [-0.15, -0.1) is 0 Å². The third kappa shape index (κ3) is 5.70. The maximum absolute atomic E-state index is 9.77. The van der Waals surface area contributed by atoms with Gasteiger partial charge in [0.15, 0.2) is 0 Å². The van der Waals surface area contributed by atoms with Crippen LogP contribution in [-0.4, -0.2) is 48.3 Å². The number of hydrogen-bond acceptors (Lipinski definition) is 4. The van der Waals surface area contributed by atoms with E-state index in [0.29, 0.717) is 12.8 Å². The van der Waals surface area contributed by atoms with Crippen molar-refractivity contribution >= 4 is 55.4 Å². The van der Waals surface area contributed by atoms with Crippen molar-refractivity contribution in [3.05, 3.63) is 80.4 Å². The van der Waals surface area contributed by atoms with Crippen molar-refractivity contribution in [1.29, 1.82) is 0 Å². The van der Waals surface area contributed by atoms with Crippen molar-refractivity contribution in [2.45, 2.75) is 93.9 Å². The van der Waals surface area contributed by atoms with Crippen molar-refractivity contribution in [3.8, 4) is 0 Å². The Hall–Kier alpha value is -4.20. The lowest BCUT2D eigenvalue weighted by molar-refractivity contribution is 0.288. The number of rotatable bonds is 8. The molecular formula is C40H49N5O2. The van der Waals surface area contributed by atoms with Crippen molar-refractivity contribution in [2.75, 3.05) is 13.2 Å². The van der Waals surface area contributed by atoms with Gasteiger partial charge in [0.1, 0.15) is 0 Å². The molecule has 0 atom stereocenters. The van der Waals surface area contributed by atoms with E-state index >= 15 is 0 Å². The summed E-state index contributed by atoms with van der Waals surface area (Å²) in [6.07, 6.45) is 4.79. The number of aromatic nitrogens is 5. The molecule has 47 heavy (non-hydrogen) atoms. The molecule has 2 aliphatic rings. The highest BCUT2D eigenvalue weighted by Gasteiger charge is 2.23. The first kappa shape index (κ1) is 32.7. The molecule has 6 heterocycles. The molecule has 0 amide bonds. The Balaban J connectivity index is 1.82. The van der Waals surface area contributed by atoms with Crippen LogP contribution in [0.4, 0.5) is 0 Å². The third-order valence-corrected chi connectivity index (χ3v) is 10.5. The zero-order chi connectivity index (χ0) is 33.6. The van der Waals surface area contributed by atoms with E-state index in [2.05, 4.69) is 94.6 Å². The number of aryl methyl sites for hydroxylation is 6. The second-order valence-corrected chi connectivity index (χ2v) is 13.2. The van der Waals surface area contributed by atoms with Crippen LogP contribution in [0, 0.1) is 13.8 Å². The summed E-state index contributed by atoms with van der Waals surface area (Å²) >= 11 is 0. The van der Waals surface area contributed by atoms with Gasteiger partial charge in [-0.05, 0) is 160 Å². The Morgan fingerprint density at radius 2 is 0.851 bits per heavy atom. The van der Waals surface area contributed by atoms with E-state index in [1.165, 1.54) is 33.4 Å². The minimum Gasteiger partial charge on any atom is -0.396 e. The topological polar surface area (TPSA) is 114 Å². The number of nitrogens with one attached hydrogen (secondary N) is 3. The molecule has 246 valence electrons.